The summed E-state index contributed by atoms with van der Waals surface area (Å²) in [5, 5.41) is 10.7. The summed E-state index contributed by atoms with van der Waals surface area (Å²) in [6.45, 7) is 8.24. The molecule has 96 valence electrons. The highest BCUT2D eigenvalue weighted by molar-refractivity contribution is 5.34. The number of benzene rings is 1. The molecule has 1 aromatic heterocycles. The molecule has 0 bridgehead atoms. The molecule has 2 N–H and O–H groups in total. The molecule has 0 saturated heterocycles. The van der Waals surface area contributed by atoms with E-state index in [0.29, 0.717) is 0 Å². The second-order valence-electron chi connectivity index (χ2n) is 5.50. The van der Waals surface area contributed by atoms with Crippen LogP contribution in [-0.4, -0.2) is 10.1 Å². The van der Waals surface area contributed by atoms with Crippen LogP contribution < -0.4 is 0 Å². The minimum Gasteiger partial charge on any atom is -0.386 e. The molecule has 0 aliphatic heterocycles. The molecule has 0 aliphatic carbocycles. The summed E-state index contributed by atoms with van der Waals surface area (Å²) < 4.78 is 0. The van der Waals surface area contributed by atoms with E-state index in [4.69, 9.17) is 0 Å². The van der Waals surface area contributed by atoms with Gasteiger partial charge in [-0.3, -0.25) is 0 Å². The third-order valence-corrected chi connectivity index (χ3v) is 3.91. The maximum Gasteiger partial charge on any atom is 0.103 e. The van der Waals surface area contributed by atoms with E-state index >= 15 is 0 Å². The predicted octanol–water partition coefficient (Wildman–Crippen LogP) is 3.64. The van der Waals surface area contributed by atoms with E-state index in [9.17, 15) is 5.11 Å². The predicted molar refractivity (Wildman–Crippen MR) is 74.7 cm³/mol. The Labute approximate surface area is 109 Å². The molecule has 1 heterocycles. The number of rotatable bonds is 3. The molecule has 1 unspecified atom stereocenters. The lowest BCUT2D eigenvalue weighted by molar-refractivity contribution is 0.0960. The van der Waals surface area contributed by atoms with Crippen molar-refractivity contribution in [2.75, 3.05) is 0 Å². The van der Waals surface area contributed by atoms with Gasteiger partial charge in [0.25, 0.3) is 0 Å². The Bertz CT molecular complexity index is 525. The van der Waals surface area contributed by atoms with Crippen LogP contribution in [0.15, 0.2) is 36.5 Å². The molecule has 0 spiro atoms. The zero-order valence-corrected chi connectivity index (χ0v) is 11.5. The first-order chi connectivity index (χ1) is 8.44. The number of H-pyrrole nitrogens is 1. The molecular formula is C16H21NO. The summed E-state index contributed by atoms with van der Waals surface area (Å²) in [7, 11) is 0. The van der Waals surface area contributed by atoms with Crippen LogP contribution in [0.4, 0.5) is 0 Å². The van der Waals surface area contributed by atoms with Crippen molar-refractivity contribution in [1.82, 2.24) is 4.98 Å². The number of hydrogen-bond donors (Lipinski definition) is 2. The summed E-state index contributed by atoms with van der Waals surface area (Å²) in [5.41, 5.74) is 4.08. The topological polar surface area (TPSA) is 36.0 Å². The van der Waals surface area contributed by atoms with E-state index in [1.807, 2.05) is 31.3 Å². The third kappa shape index (κ3) is 2.08. The van der Waals surface area contributed by atoms with Crippen molar-refractivity contribution < 1.29 is 5.11 Å². The molecule has 2 nitrogen and oxygen atoms in total. The average molecular weight is 243 g/mol. The Morgan fingerprint density at radius 2 is 1.72 bits per heavy atom. The van der Waals surface area contributed by atoms with Crippen molar-refractivity contribution in [3.05, 3.63) is 58.9 Å². The molecule has 0 saturated carbocycles. The van der Waals surface area contributed by atoms with Crippen LogP contribution in [0.1, 0.15) is 42.3 Å². The Balaban J connectivity index is 2.39. The number of aromatic amines is 1. The van der Waals surface area contributed by atoms with Gasteiger partial charge in [-0.2, -0.15) is 0 Å². The fourth-order valence-corrected chi connectivity index (χ4v) is 2.29. The standard InChI is InChI=1S/C16H21NO/c1-11-10-17-14(12(11)2)15(18)16(3,4)13-8-6-5-7-9-13/h5-10,15,17-18H,1-4H3. The number of aliphatic hydroxyl groups excluding tert-OH is 1. The summed E-state index contributed by atoms with van der Waals surface area (Å²) in [6, 6.07) is 10.1. The van der Waals surface area contributed by atoms with Gasteiger partial charge >= 0.3 is 0 Å². The Hall–Kier alpha value is -1.54. The highest BCUT2D eigenvalue weighted by Crippen LogP contribution is 2.37. The first-order valence-corrected chi connectivity index (χ1v) is 6.32. The summed E-state index contributed by atoms with van der Waals surface area (Å²) in [4.78, 5) is 3.20. The third-order valence-electron chi connectivity index (χ3n) is 3.91. The van der Waals surface area contributed by atoms with Crippen LogP contribution >= 0.6 is 0 Å². The van der Waals surface area contributed by atoms with Crippen LogP contribution in [-0.2, 0) is 5.41 Å². The van der Waals surface area contributed by atoms with Gasteiger partial charge < -0.3 is 10.1 Å². The van der Waals surface area contributed by atoms with E-state index in [1.165, 1.54) is 5.56 Å². The van der Waals surface area contributed by atoms with Gasteiger partial charge in [-0.1, -0.05) is 44.2 Å². The van der Waals surface area contributed by atoms with Crippen LogP contribution in [0.3, 0.4) is 0 Å². The van der Waals surface area contributed by atoms with E-state index < -0.39 is 6.10 Å². The van der Waals surface area contributed by atoms with Crippen LogP contribution in [0.25, 0.3) is 0 Å². The minimum absolute atomic E-state index is 0.316. The van der Waals surface area contributed by atoms with Crippen LogP contribution in [0, 0.1) is 13.8 Å². The molecular weight excluding hydrogens is 222 g/mol. The van der Waals surface area contributed by atoms with E-state index in [2.05, 4.69) is 37.9 Å². The zero-order chi connectivity index (χ0) is 13.3. The van der Waals surface area contributed by atoms with Crippen molar-refractivity contribution in [1.29, 1.82) is 0 Å². The van der Waals surface area contributed by atoms with E-state index in [-0.39, 0.29) is 5.41 Å². The maximum absolute atomic E-state index is 10.7. The normalized spacial score (nSPS) is 13.6. The molecule has 0 aliphatic rings. The summed E-state index contributed by atoms with van der Waals surface area (Å²) in [6.07, 6.45) is 1.42. The fraction of sp³-hybridized carbons (Fsp3) is 0.375. The number of hydrogen-bond acceptors (Lipinski definition) is 1. The highest BCUT2D eigenvalue weighted by atomic mass is 16.3. The zero-order valence-electron chi connectivity index (χ0n) is 11.5. The molecule has 2 heteroatoms. The van der Waals surface area contributed by atoms with Gasteiger partial charge in [0.1, 0.15) is 6.10 Å². The Morgan fingerprint density at radius 1 is 1.11 bits per heavy atom. The summed E-state index contributed by atoms with van der Waals surface area (Å²) in [5.74, 6) is 0. The SMILES string of the molecule is Cc1c[nH]c(C(O)C(C)(C)c2ccccc2)c1C. The Morgan fingerprint density at radius 3 is 2.22 bits per heavy atom. The number of nitrogens with one attached hydrogen (secondary N) is 1. The minimum atomic E-state index is -0.534. The lowest BCUT2D eigenvalue weighted by atomic mass is 9.77. The quantitative estimate of drug-likeness (QED) is 0.848. The van der Waals surface area contributed by atoms with Crippen molar-refractivity contribution in [2.45, 2.75) is 39.2 Å². The van der Waals surface area contributed by atoms with Crippen molar-refractivity contribution >= 4 is 0 Å². The smallest absolute Gasteiger partial charge is 0.103 e. The van der Waals surface area contributed by atoms with Crippen molar-refractivity contribution in [3.63, 3.8) is 0 Å². The molecule has 2 aromatic rings. The van der Waals surface area contributed by atoms with Gasteiger partial charge in [0.15, 0.2) is 0 Å². The van der Waals surface area contributed by atoms with E-state index in [1.54, 1.807) is 0 Å². The molecule has 18 heavy (non-hydrogen) atoms. The van der Waals surface area contributed by atoms with Gasteiger partial charge in [-0.05, 0) is 30.5 Å². The van der Waals surface area contributed by atoms with Gasteiger partial charge in [-0.15, -0.1) is 0 Å². The molecule has 2 rings (SSSR count). The van der Waals surface area contributed by atoms with Gasteiger partial charge in [0.2, 0.25) is 0 Å². The second kappa shape index (κ2) is 4.62. The molecule has 0 fully saturated rings. The monoisotopic (exact) mass is 243 g/mol. The molecule has 0 amide bonds. The molecule has 0 radical (unpaired) electrons. The van der Waals surface area contributed by atoms with E-state index in [0.717, 1.165) is 16.8 Å². The van der Waals surface area contributed by atoms with Gasteiger partial charge in [0.05, 0.1) is 0 Å². The molecule has 1 aromatic carbocycles. The molecule has 1 atom stereocenters. The first kappa shape index (κ1) is 12.9. The van der Waals surface area contributed by atoms with Crippen molar-refractivity contribution in [3.8, 4) is 0 Å². The average Bonchev–Trinajstić information content (AvgIpc) is 2.70. The lowest BCUT2D eigenvalue weighted by Crippen LogP contribution is -2.27. The maximum atomic E-state index is 10.7. The van der Waals surface area contributed by atoms with Gasteiger partial charge in [-0.25, -0.2) is 0 Å². The first-order valence-electron chi connectivity index (χ1n) is 6.32. The largest absolute Gasteiger partial charge is 0.386 e. The fourth-order valence-electron chi connectivity index (χ4n) is 2.29. The lowest BCUT2D eigenvalue weighted by Gasteiger charge is -2.31. The number of aliphatic hydroxyl groups is 1. The Kier molecular flexibility index (Phi) is 3.31. The van der Waals surface area contributed by atoms with Gasteiger partial charge in [0, 0.05) is 17.3 Å². The summed E-state index contributed by atoms with van der Waals surface area (Å²) >= 11 is 0. The number of aryl methyl sites for hydroxylation is 1. The highest BCUT2D eigenvalue weighted by Gasteiger charge is 2.32. The second-order valence-corrected chi connectivity index (χ2v) is 5.50. The van der Waals surface area contributed by atoms with Crippen LogP contribution in [0.2, 0.25) is 0 Å². The van der Waals surface area contributed by atoms with Crippen LogP contribution in [0.5, 0.6) is 0 Å². The van der Waals surface area contributed by atoms with Crippen molar-refractivity contribution in [2.24, 2.45) is 0 Å². The number of aromatic nitrogens is 1.